The first-order valence-corrected chi connectivity index (χ1v) is 12.7. The number of fused-ring (bicyclic) bond motifs is 1. The maximum Gasteiger partial charge on any atom is 0.263 e. The highest BCUT2D eigenvalue weighted by Gasteiger charge is 2.18. The van der Waals surface area contributed by atoms with E-state index in [0.29, 0.717) is 21.9 Å². The van der Waals surface area contributed by atoms with Gasteiger partial charge in [-0.25, -0.2) is 4.98 Å². The molecule has 1 amide bonds. The lowest BCUT2D eigenvalue weighted by Gasteiger charge is -2.17. The van der Waals surface area contributed by atoms with Crippen LogP contribution in [0.3, 0.4) is 0 Å². The fourth-order valence-electron chi connectivity index (χ4n) is 3.67. The number of hydrogen-bond donors (Lipinski definition) is 0. The molecule has 0 atom stereocenters. The number of aryl methyl sites for hydroxylation is 2. The van der Waals surface area contributed by atoms with E-state index in [0.717, 1.165) is 22.4 Å². The Kier molecular flexibility index (Phi) is 7.09. The van der Waals surface area contributed by atoms with E-state index in [1.165, 1.54) is 34.2 Å². The molecule has 0 aliphatic rings. The summed E-state index contributed by atoms with van der Waals surface area (Å²) >= 11 is 2.74. The summed E-state index contributed by atoms with van der Waals surface area (Å²) in [5.41, 5.74) is 5.22. The number of thioether (sulfide) groups is 1. The quantitative estimate of drug-likeness (QED) is 0.267. The number of benzene rings is 2. The van der Waals surface area contributed by atoms with Crippen molar-refractivity contribution < 1.29 is 9.53 Å². The first-order valence-electron chi connectivity index (χ1n) is 10.8. The van der Waals surface area contributed by atoms with Crippen LogP contribution in [-0.2, 0) is 18.4 Å². The maximum absolute atomic E-state index is 13.2. The van der Waals surface area contributed by atoms with Crippen molar-refractivity contribution in [3.8, 4) is 16.9 Å². The SMILES string of the molecule is COc1cccc(CN(C)C(=O)CSc2nc3scc(-c4ccc(C)c(C)c4)c3c(=O)n2C)c1. The number of thiophene rings is 1. The number of nitrogens with zero attached hydrogens (tertiary/aromatic N) is 3. The van der Waals surface area contributed by atoms with Gasteiger partial charge >= 0.3 is 0 Å². The Hall–Kier alpha value is -3.10. The predicted octanol–water partition coefficient (Wildman–Crippen LogP) is 5.04. The lowest BCUT2D eigenvalue weighted by molar-refractivity contribution is -0.127. The van der Waals surface area contributed by atoms with E-state index < -0.39 is 0 Å². The first-order chi connectivity index (χ1) is 16.3. The van der Waals surface area contributed by atoms with E-state index in [4.69, 9.17) is 9.72 Å². The number of methoxy groups -OCH3 is 1. The van der Waals surface area contributed by atoms with Crippen molar-refractivity contribution in [1.29, 1.82) is 0 Å². The number of amides is 1. The van der Waals surface area contributed by atoms with Gasteiger partial charge in [-0.1, -0.05) is 42.1 Å². The summed E-state index contributed by atoms with van der Waals surface area (Å²) in [6.45, 7) is 4.62. The molecular formula is C26H27N3O3S2. The van der Waals surface area contributed by atoms with Crippen molar-refractivity contribution in [2.24, 2.45) is 7.05 Å². The molecule has 0 N–H and O–H groups in total. The molecule has 0 fully saturated rings. The zero-order chi connectivity index (χ0) is 24.4. The van der Waals surface area contributed by atoms with Gasteiger partial charge in [-0.3, -0.25) is 14.2 Å². The summed E-state index contributed by atoms with van der Waals surface area (Å²) in [5, 5.41) is 3.15. The molecule has 8 heteroatoms. The van der Waals surface area contributed by atoms with Crippen LogP contribution in [0.2, 0.25) is 0 Å². The Bertz CT molecular complexity index is 1420. The van der Waals surface area contributed by atoms with Crippen LogP contribution in [-0.4, -0.2) is 40.3 Å². The summed E-state index contributed by atoms with van der Waals surface area (Å²) in [6.07, 6.45) is 0. The molecule has 2 heterocycles. The van der Waals surface area contributed by atoms with Gasteiger partial charge in [0.2, 0.25) is 5.91 Å². The van der Waals surface area contributed by atoms with E-state index in [1.807, 2.05) is 35.7 Å². The van der Waals surface area contributed by atoms with Crippen molar-refractivity contribution in [3.63, 3.8) is 0 Å². The zero-order valence-electron chi connectivity index (χ0n) is 19.9. The molecule has 0 saturated heterocycles. The van der Waals surface area contributed by atoms with Gasteiger partial charge in [0.05, 0.1) is 18.2 Å². The highest BCUT2D eigenvalue weighted by Crippen LogP contribution is 2.33. The normalized spacial score (nSPS) is 11.1. The molecule has 0 spiro atoms. The Morgan fingerprint density at radius 2 is 1.97 bits per heavy atom. The third kappa shape index (κ3) is 4.88. The van der Waals surface area contributed by atoms with E-state index in [2.05, 4.69) is 26.0 Å². The van der Waals surface area contributed by atoms with Crippen LogP contribution in [0, 0.1) is 13.8 Å². The van der Waals surface area contributed by atoms with Crippen molar-refractivity contribution in [2.45, 2.75) is 25.5 Å². The van der Waals surface area contributed by atoms with Gasteiger partial charge in [-0.2, -0.15) is 0 Å². The monoisotopic (exact) mass is 493 g/mol. The number of carbonyl (C=O) groups excluding carboxylic acids is 1. The van der Waals surface area contributed by atoms with Crippen LogP contribution in [0.1, 0.15) is 16.7 Å². The average Bonchev–Trinajstić information content (AvgIpc) is 3.26. The van der Waals surface area contributed by atoms with Crippen LogP contribution in [0.15, 0.2) is 57.8 Å². The van der Waals surface area contributed by atoms with Crippen molar-refractivity contribution in [2.75, 3.05) is 19.9 Å². The molecule has 0 saturated carbocycles. The molecule has 0 radical (unpaired) electrons. The molecule has 2 aromatic carbocycles. The Balaban J connectivity index is 1.52. The van der Waals surface area contributed by atoms with Crippen LogP contribution in [0.5, 0.6) is 5.75 Å². The second-order valence-corrected chi connectivity index (χ2v) is 10.1. The second-order valence-electron chi connectivity index (χ2n) is 8.28. The van der Waals surface area contributed by atoms with Crippen LogP contribution < -0.4 is 10.3 Å². The van der Waals surface area contributed by atoms with Crippen molar-refractivity contribution in [3.05, 3.63) is 74.9 Å². The molecule has 34 heavy (non-hydrogen) atoms. The number of rotatable bonds is 7. The summed E-state index contributed by atoms with van der Waals surface area (Å²) in [6, 6.07) is 13.9. The van der Waals surface area contributed by atoms with Crippen LogP contribution in [0.25, 0.3) is 21.3 Å². The van der Waals surface area contributed by atoms with E-state index in [-0.39, 0.29) is 17.2 Å². The van der Waals surface area contributed by atoms with E-state index >= 15 is 0 Å². The molecule has 0 unspecified atom stereocenters. The summed E-state index contributed by atoms with van der Waals surface area (Å²) < 4.78 is 6.80. The fraction of sp³-hybridized carbons (Fsp3) is 0.269. The predicted molar refractivity (Wildman–Crippen MR) is 140 cm³/mol. The molecule has 4 aromatic rings. The van der Waals surface area contributed by atoms with E-state index in [9.17, 15) is 9.59 Å². The third-order valence-electron chi connectivity index (χ3n) is 5.90. The molecule has 4 rings (SSSR count). The molecule has 176 valence electrons. The Morgan fingerprint density at radius 1 is 1.18 bits per heavy atom. The Labute approximate surface area is 207 Å². The van der Waals surface area contributed by atoms with Gasteiger partial charge in [-0.05, 0) is 48.2 Å². The van der Waals surface area contributed by atoms with E-state index in [1.54, 1.807) is 30.7 Å². The molecule has 0 bridgehead atoms. The van der Waals surface area contributed by atoms with Gasteiger partial charge in [0.25, 0.3) is 5.56 Å². The van der Waals surface area contributed by atoms with Gasteiger partial charge in [-0.15, -0.1) is 11.3 Å². The largest absolute Gasteiger partial charge is 0.497 e. The Morgan fingerprint density at radius 3 is 2.71 bits per heavy atom. The van der Waals surface area contributed by atoms with Crippen LogP contribution >= 0.6 is 23.1 Å². The molecule has 0 aliphatic heterocycles. The number of ether oxygens (including phenoxy) is 1. The molecular weight excluding hydrogens is 466 g/mol. The highest BCUT2D eigenvalue weighted by molar-refractivity contribution is 7.99. The highest BCUT2D eigenvalue weighted by atomic mass is 32.2. The maximum atomic E-state index is 13.2. The van der Waals surface area contributed by atoms with Crippen LogP contribution in [0.4, 0.5) is 0 Å². The lowest BCUT2D eigenvalue weighted by atomic mass is 10.0. The minimum Gasteiger partial charge on any atom is -0.497 e. The van der Waals surface area contributed by atoms with Gasteiger partial charge in [0.15, 0.2) is 5.16 Å². The van der Waals surface area contributed by atoms with Gasteiger partial charge < -0.3 is 9.64 Å². The third-order valence-corrected chi connectivity index (χ3v) is 7.78. The molecule has 0 aliphatic carbocycles. The number of hydrogen-bond acceptors (Lipinski definition) is 6. The summed E-state index contributed by atoms with van der Waals surface area (Å²) in [4.78, 5) is 33.1. The molecule has 6 nitrogen and oxygen atoms in total. The average molecular weight is 494 g/mol. The van der Waals surface area contributed by atoms with Crippen molar-refractivity contribution >= 4 is 39.2 Å². The minimum absolute atomic E-state index is 0.0378. The second kappa shape index (κ2) is 10.0. The zero-order valence-corrected chi connectivity index (χ0v) is 21.5. The smallest absolute Gasteiger partial charge is 0.263 e. The van der Waals surface area contributed by atoms with Gasteiger partial charge in [0, 0.05) is 31.6 Å². The fourth-order valence-corrected chi connectivity index (χ4v) is 5.57. The summed E-state index contributed by atoms with van der Waals surface area (Å²) in [7, 11) is 5.10. The van der Waals surface area contributed by atoms with Gasteiger partial charge in [0.1, 0.15) is 10.6 Å². The standard InChI is InChI=1S/C26H27N3O3S2/c1-16-9-10-19(11-17(16)2)21-14-33-24-23(21)25(31)29(4)26(27-24)34-15-22(30)28(3)13-18-7-6-8-20(12-18)32-5/h6-12,14H,13,15H2,1-5H3. The minimum atomic E-state index is -0.0980. The summed E-state index contributed by atoms with van der Waals surface area (Å²) in [5.74, 6) is 0.919. The first kappa shape index (κ1) is 24.0. The molecule has 2 aromatic heterocycles. The van der Waals surface area contributed by atoms with Crippen molar-refractivity contribution in [1.82, 2.24) is 14.5 Å². The lowest BCUT2D eigenvalue weighted by Crippen LogP contribution is -2.28. The number of aromatic nitrogens is 2. The topological polar surface area (TPSA) is 64.4 Å². The number of carbonyl (C=O) groups is 1.